The van der Waals surface area contributed by atoms with Gasteiger partial charge in [0.1, 0.15) is 12.3 Å². The Labute approximate surface area is 96.0 Å². The van der Waals surface area contributed by atoms with Crippen molar-refractivity contribution in [1.29, 1.82) is 0 Å². The minimum atomic E-state index is 0.557. The Balaban J connectivity index is 2.37. The first kappa shape index (κ1) is 12.4. The van der Waals surface area contributed by atoms with Crippen LogP contribution in [-0.4, -0.2) is 35.4 Å². The molecule has 0 atom stereocenters. The average Bonchev–Trinajstić information content (AvgIpc) is 2.44. The van der Waals surface area contributed by atoms with Crippen molar-refractivity contribution < 1.29 is 9.47 Å². The normalized spacial score (nSPS) is 10.7. The molecular formula is C10H18N2O2S. The van der Waals surface area contributed by atoms with Gasteiger partial charge in [-0.3, -0.25) is 4.68 Å². The van der Waals surface area contributed by atoms with E-state index in [1.54, 1.807) is 0 Å². The van der Waals surface area contributed by atoms with E-state index in [0.717, 1.165) is 22.9 Å². The van der Waals surface area contributed by atoms with E-state index in [1.165, 1.54) is 0 Å². The van der Waals surface area contributed by atoms with Crippen LogP contribution in [0.15, 0.2) is 0 Å². The summed E-state index contributed by atoms with van der Waals surface area (Å²) in [7, 11) is 1.91. The number of aromatic nitrogens is 2. The van der Waals surface area contributed by atoms with Gasteiger partial charge in [0.15, 0.2) is 5.75 Å². The molecule has 4 nitrogen and oxygen atoms in total. The first-order chi connectivity index (χ1) is 7.16. The predicted octanol–water partition coefficient (Wildman–Crippen LogP) is 1.36. The molecule has 0 unspecified atom stereocenters. The van der Waals surface area contributed by atoms with E-state index in [0.29, 0.717) is 19.8 Å². The molecule has 0 radical (unpaired) electrons. The van der Waals surface area contributed by atoms with E-state index in [4.69, 9.17) is 9.47 Å². The van der Waals surface area contributed by atoms with Crippen molar-refractivity contribution in [2.45, 2.75) is 13.8 Å². The molecule has 0 saturated carbocycles. The number of rotatable bonds is 6. The lowest BCUT2D eigenvalue weighted by molar-refractivity contribution is 0.111. The highest BCUT2D eigenvalue weighted by Crippen LogP contribution is 2.20. The fourth-order valence-corrected chi connectivity index (χ4v) is 1.46. The van der Waals surface area contributed by atoms with Gasteiger partial charge in [-0.25, -0.2) is 0 Å². The molecule has 0 amide bonds. The fraction of sp³-hybridized carbons (Fsp3) is 0.700. The molecule has 15 heavy (non-hydrogen) atoms. The number of aryl methyl sites for hydroxylation is 2. The highest BCUT2D eigenvalue weighted by Gasteiger charge is 2.09. The summed E-state index contributed by atoms with van der Waals surface area (Å²) in [6.45, 7) is 5.74. The van der Waals surface area contributed by atoms with Crippen molar-refractivity contribution in [3.8, 4) is 5.75 Å². The van der Waals surface area contributed by atoms with Crippen LogP contribution in [0.4, 0.5) is 0 Å². The molecule has 0 saturated heterocycles. The van der Waals surface area contributed by atoms with E-state index in [2.05, 4.69) is 17.7 Å². The molecule has 0 bridgehead atoms. The van der Waals surface area contributed by atoms with Gasteiger partial charge >= 0.3 is 0 Å². The third-order valence-electron chi connectivity index (χ3n) is 2.15. The van der Waals surface area contributed by atoms with Crippen LogP contribution in [0.25, 0.3) is 0 Å². The van der Waals surface area contributed by atoms with Crippen LogP contribution in [0.1, 0.15) is 11.4 Å². The van der Waals surface area contributed by atoms with Gasteiger partial charge in [-0.2, -0.15) is 17.7 Å². The van der Waals surface area contributed by atoms with E-state index in [-0.39, 0.29) is 0 Å². The maximum atomic E-state index is 5.60. The molecule has 1 aromatic heterocycles. The second-order valence-corrected chi connectivity index (χ2v) is 3.76. The molecule has 1 heterocycles. The summed E-state index contributed by atoms with van der Waals surface area (Å²) in [4.78, 5) is 0. The van der Waals surface area contributed by atoms with Gasteiger partial charge in [0.2, 0.25) is 0 Å². The molecule has 0 N–H and O–H groups in total. The first-order valence-corrected chi connectivity index (χ1v) is 5.61. The summed E-state index contributed by atoms with van der Waals surface area (Å²) >= 11 is 4.05. The van der Waals surface area contributed by atoms with Gasteiger partial charge in [0.05, 0.1) is 18.9 Å². The molecule has 0 aliphatic heterocycles. The van der Waals surface area contributed by atoms with Gasteiger partial charge in [-0.1, -0.05) is 0 Å². The van der Waals surface area contributed by atoms with E-state index < -0.39 is 0 Å². The van der Waals surface area contributed by atoms with Gasteiger partial charge in [0, 0.05) is 12.8 Å². The lowest BCUT2D eigenvalue weighted by Gasteiger charge is -2.06. The Morgan fingerprint density at radius 1 is 1.27 bits per heavy atom. The van der Waals surface area contributed by atoms with Gasteiger partial charge in [-0.05, 0) is 13.8 Å². The summed E-state index contributed by atoms with van der Waals surface area (Å²) in [6.07, 6.45) is 0. The fourth-order valence-electron chi connectivity index (χ4n) is 1.33. The Bertz CT molecular complexity index is 313. The zero-order valence-electron chi connectivity index (χ0n) is 9.49. The van der Waals surface area contributed by atoms with Crippen LogP contribution in [0.2, 0.25) is 0 Å². The average molecular weight is 230 g/mol. The topological polar surface area (TPSA) is 36.3 Å². The number of ether oxygens (including phenoxy) is 2. The largest absolute Gasteiger partial charge is 0.487 e. The zero-order valence-corrected chi connectivity index (χ0v) is 10.4. The Morgan fingerprint density at radius 2 is 2.00 bits per heavy atom. The molecule has 0 aromatic carbocycles. The van der Waals surface area contributed by atoms with Crippen LogP contribution >= 0.6 is 12.6 Å². The summed E-state index contributed by atoms with van der Waals surface area (Å²) < 4.78 is 12.7. The SMILES string of the molecule is Cc1nn(C)c(C)c1OCCOCCS. The van der Waals surface area contributed by atoms with Crippen molar-refractivity contribution >= 4 is 12.6 Å². The van der Waals surface area contributed by atoms with Crippen molar-refractivity contribution in [3.05, 3.63) is 11.4 Å². The van der Waals surface area contributed by atoms with Crippen molar-refractivity contribution in [1.82, 2.24) is 9.78 Å². The van der Waals surface area contributed by atoms with Crippen molar-refractivity contribution in [2.24, 2.45) is 7.05 Å². The molecule has 5 heteroatoms. The highest BCUT2D eigenvalue weighted by molar-refractivity contribution is 7.80. The Morgan fingerprint density at radius 3 is 2.53 bits per heavy atom. The number of hydrogen-bond acceptors (Lipinski definition) is 4. The van der Waals surface area contributed by atoms with Crippen LogP contribution in [0.5, 0.6) is 5.75 Å². The summed E-state index contributed by atoms with van der Waals surface area (Å²) in [5.41, 5.74) is 1.96. The van der Waals surface area contributed by atoms with Crippen LogP contribution in [0, 0.1) is 13.8 Å². The second-order valence-electron chi connectivity index (χ2n) is 3.31. The van der Waals surface area contributed by atoms with Crippen LogP contribution in [0.3, 0.4) is 0 Å². The van der Waals surface area contributed by atoms with Crippen LogP contribution < -0.4 is 4.74 Å². The quantitative estimate of drug-likeness (QED) is 0.592. The number of thiol groups is 1. The molecule has 1 rings (SSSR count). The summed E-state index contributed by atoms with van der Waals surface area (Å²) in [5, 5.41) is 4.26. The highest BCUT2D eigenvalue weighted by atomic mass is 32.1. The summed E-state index contributed by atoms with van der Waals surface area (Å²) in [6, 6.07) is 0. The summed E-state index contributed by atoms with van der Waals surface area (Å²) in [5.74, 6) is 1.61. The monoisotopic (exact) mass is 230 g/mol. The lowest BCUT2D eigenvalue weighted by atomic mass is 10.3. The van der Waals surface area contributed by atoms with E-state index in [9.17, 15) is 0 Å². The predicted molar refractivity (Wildman–Crippen MR) is 62.8 cm³/mol. The second kappa shape index (κ2) is 6.02. The molecular weight excluding hydrogens is 212 g/mol. The Kier molecular flexibility index (Phi) is 4.98. The molecule has 1 aromatic rings. The maximum absolute atomic E-state index is 5.60. The molecule has 0 fully saturated rings. The molecule has 0 spiro atoms. The van der Waals surface area contributed by atoms with Gasteiger partial charge in [-0.15, -0.1) is 0 Å². The smallest absolute Gasteiger partial charge is 0.163 e. The number of hydrogen-bond donors (Lipinski definition) is 1. The lowest BCUT2D eigenvalue weighted by Crippen LogP contribution is -2.08. The maximum Gasteiger partial charge on any atom is 0.163 e. The standard InChI is InChI=1S/C10H18N2O2S/c1-8-10(9(2)12(3)11-8)14-5-4-13-6-7-15/h15H,4-7H2,1-3H3. The third kappa shape index (κ3) is 3.43. The van der Waals surface area contributed by atoms with Gasteiger partial charge in [0.25, 0.3) is 0 Å². The minimum Gasteiger partial charge on any atom is -0.487 e. The molecule has 0 aliphatic rings. The van der Waals surface area contributed by atoms with E-state index in [1.807, 2.05) is 25.6 Å². The van der Waals surface area contributed by atoms with Gasteiger partial charge < -0.3 is 9.47 Å². The minimum absolute atomic E-state index is 0.557. The zero-order chi connectivity index (χ0) is 11.3. The van der Waals surface area contributed by atoms with Crippen LogP contribution in [-0.2, 0) is 11.8 Å². The van der Waals surface area contributed by atoms with Crippen molar-refractivity contribution in [3.63, 3.8) is 0 Å². The Hall–Kier alpha value is -0.680. The molecule has 86 valence electrons. The number of nitrogens with zero attached hydrogens (tertiary/aromatic N) is 2. The van der Waals surface area contributed by atoms with Crippen molar-refractivity contribution in [2.75, 3.05) is 25.6 Å². The first-order valence-electron chi connectivity index (χ1n) is 4.98. The molecule has 0 aliphatic carbocycles. The van der Waals surface area contributed by atoms with E-state index >= 15 is 0 Å². The third-order valence-corrected chi connectivity index (χ3v) is 2.33.